The number of sulfonamides is 1. The highest BCUT2D eigenvalue weighted by atomic mass is 32.2. The van der Waals surface area contributed by atoms with Crippen LogP contribution in [0.15, 0.2) is 71.8 Å². The Hall–Kier alpha value is -3.26. The molecule has 8 heteroatoms. The van der Waals surface area contributed by atoms with E-state index >= 15 is 0 Å². The quantitative estimate of drug-likeness (QED) is 0.645. The molecule has 0 amide bonds. The molecule has 2 aromatic carbocycles. The van der Waals surface area contributed by atoms with Crippen LogP contribution >= 0.6 is 0 Å². The summed E-state index contributed by atoms with van der Waals surface area (Å²) < 4.78 is 38.3. The Balaban J connectivity index is 1.89. The minimum Gasteiger partial charge on any atom is -0.497 e. The van der Waals surface area contributed by atoms with Gasteiger partial charge in [0.1, 0.15) is 11.5 Å². The molecule has 0 bridgehead atoms. The minimum absolute atomic E-state index is 0.121. The summed E-state index contributed by atoms with van der Waals surface area (Å²) in [6, 6.07) is 16.7. The zero-order chi connectivity index (χ0) is 19.3. The third kappa shape index (κ3) is 4.29. The van der Waals surface area contributed by atoms with Crippen molar-refractivity contribution in [1.29, 1.82) is 0 Å². The molecule has 0 unspecified atom stereocenters. The molecule has 0 saturated heterocycles. The molecule has 7 nitrogen and oxygen atoms in total. The molecule has 140 valence electrons. The molecule has 0 aliphatic heterocycles. The summed E-state index contributed by atoms with van der Waals surface area (Å²) in [7, 11) is -0.703. The van der Waals surface area contributed by atoms with Crippen LogP contribution in [-0.4, -0.2) is 27.6 Å². The number of hydrogen-bond donors (Lipinski definition) is 2. The summed E-state index contributed by atoms with van der Waals surface area (Å²) in [5.41, 5.74) is 0.989. The van der Waals surface area contributed by atoms with Crippen molar-refractivity contribution in [2.75, 3.05) is 24.3 Å². The average molecular weight is 385 g/mol. The van der Waals surface area contributed by atoms with Crippen LogP contribution in [-0.2, 0) is 10.0 Å². The van der Waals surface area contributed by atoms with E-state index in [1.54, 1.807) is 43.6 Å². The van der Waals surface area contributed by atoms with Crippen molar-refractivity contribution in [2.45, 2.75) is 4.90 Å². The molecular weight excluding hydrogens is 366 g/mol. The van der Waals surface area contributed by atoms with Crippen molar-refractivity contribution >= 4 is 27.2 Å². The highest BCUT2D eigenvalue weighted by molar-refractivity contribution is 7.92. The van der Waals surface area contributed by atoms with Crippen LogP contribution < -0.4 is 19.5 Å². The van der Waals surface area contributed by atoms with Gasteiger partial charge in [-0.1, -0.05) is 12.1 Å². The van der Waals surface area contributed by atoms with Crippen LogP contribution in [0, 0.1) is 0 Å². The van der Waals surface area contributed by atoms with Gasteiger partial charge in [0.2, 0.25) is 0 Å². The summed E-state index contributed by atoms with van der Waals surface area (Å²) in [4.78, 5) is 4.36. The predicted octanol–water partition coefficient (Wildman–Crippen LogP) is 3.64. The van der Waals surface area contributed by atoms with E-state index in [9.17, 15) is 8.42 Å². The van der Waals surface area contributed by atoms with Crippen LogP contribution in [0.3, 0.4) is 0 Å². The second-order valence-electron chi connectivity index (χ2n) is 5.51. The standard InChI is InChI=1S/C19H19N3O4S/c1-25-14-9-11-15(12-10-14)27(23,24)22-17-7-5-13-20-19(17)21-16-6-3-4-8-18(16)26-2/h3-13,22H,1-2H3,(H,20,21). The number of rotatable bonds is 7. The molecule has 1 heterocycles. The predicted molar refractivity (Wildman–Crippen MR) is 104 cm³/mol. The molecule has 0 saturated carbocycles. The summed E-state index contributed by atoms with van der Waals surface area (Å²) in [5.74, 6) is 1.56. The smallest absolute Gasteiger partial charge is 0.262 e. The van der Waals surface area contributed by atoms with Crippen molar-refractivity contribution in [3.05, 3.63) is 66.9 Å². The highest BCUT2D eigenvalue weighted by Gasteiger charge is 2.17. The highest BCUT2D eigenvalue weighted by Crippen LogP contribution is 2.30. The second-order valence-corrected chi connectivity index (χ2v) is 7.19. The molecule has 2 N–H and O–H groups in total. The Labute approximate surface area is 158 Å². The maximum atomic E-state index is 12.7. The fraction of sp³-hybridized carbons (Fsp3) is 0.105. The average Bonchev–Trinajstić information content (AvgIpc) is 2.70. The topological polar surface area (TPSA) is 89.6 Å². The summed E-state index contributed by atoms with van der Waals surface area (Å²) in [6.07, 6.45) is 1.57. The number of nitrogens with zero attached hydrogens (tertiary/aromatic N) is 1. The third-order valence-electron chi connectivity index (χ3n) is 3.78. The first-order valence-electron chi connectivity index (χ1n) is 8.05. The number of methoxy groups -OCH3 is 2. The number of anilines is 3. The Morgan fingerprint density at radius 2 is 1.56 bits per heavy atom. The number of pyridine rings is 1. The number of hydrogen-bond acceptors (Lipinski definition) is 6. The first kappa shape index (κ1) is 18.5. The maximum Gasteiger partial charge on any atom is 0.262 e. The van der Waals surface area contributed by atoms with Crippen LogP contribution in [0.5, 0.6) is 11.5 Å². The van der Waals surface area contributed by atoms with E-state index in [2.05, 4.69) is 15.0 Å². The molecule has 0 spiro atoms. The number of para-hydroxylation sites is 2. The first-order valence-corrected chi connectivity index (χ1v) is 9.54. The van der Waals surface area contributed by atoms with E-state index in [4.69, 9.17) is 9.47 Å². The number of aromatic nitrogens is 1. The van der Waals surface area contributed by atoms with Gasteiger partial charge in [-0.15, -0.1) is 0 Å². The normalized spacial score (nSPS) is 10.9. The van der Waals surface area contributed by atoms with Gasteiger partial charge in [0, 0.05) is 6.20 Å². The molecule has 27 heavy (non-hydrogen) atoms. The van der Waals surface area contributed by atoms with Gasteiger partial charge in [-0.25, -0.2) is 13.4 Å². The molecule has 3 rings (SSSR count). The molecule has 0 aliphatic carbocycles. The van der Waals surface area contributed by atoms with Crippen molar-refractivity contribution in [2.24, 2.45) is 0 Å². The zero-order valence-electron chi connectivity index (χ0n) is 14.8. The zero-order valence-corrected chi connectivity index (χ0v) is 15.7. The molecule has 1 aromatic heterocycles. The SMILES string of the molecule is COc1ccc(S(=O)(=O)Nc2cccnc2Nc2ccccc2OC)cc1. The van der Waals surface area contributed by atoms with E-state index < -0.39 is 10.0 Å². The molecule has 0 fully saturated rings. The fourth-order valence-corrected chi connectivity index (χ4v) is 3.49. The molecule has 3 aromatic rings. The molecule has 0 atom stereocenters. The van der Waals surface area contributed by atoms with Crippen molar-refractivity contribution in [3.8, 4) is 11.5 Å². The largest absolute Gasteiger partial charge is 0.497 e. The number of benzene rings is 2. The molecular formula is C19H19N3O4S. The monoisotopic (exact) mass is 385 g/mol. The Bertz CT molecular complexity index is 1020. The minimum atomic E-state index is -3.79. The van der Waals surface area contributed by atoms with Gasteiger partial charge in [0.05, 0.1) is 30.5 Å². The van der Waals surface area contributed by atoms with Gasteiger partial charge in [-0.3, -0.25) is 4.72 Å². The van der Waals surface area contributed by atoms with Crippen LogP contribution in [0.4, 0.5) is 17.2 Å². The van der Waals surface area contributed by atoms with E-state index in [0.717, 1.165) is 0 Å². The summed E-state index contributed by atoms with van der Waals surface area (Å²) >= 11 is 0. The van der Waals surface area contributed by atoms with Gasteiger partial charge in [0.25, 0.3) is 10.0 Å². The summed E-state index contributed by atoms with van der Waals surface area (Å²) in [6.45, 7) is 0. The van der Waals surface area contributed by atoms with Gasteiger partial charge >= 0.3 is 0 Å². The number of nitrogens with one attached hydrogen (secondary N) is 2. The van der Waals surface area contributed by atoms with Crippen LogP contribution in [0.1, 0.15) is 0 Å². The van der Waals surface area contributed by atoms with E-state index in [-0.39, 0.29) is 4.90 Å². The Kier molecular flexibility index (Phi) is 5.46. The Morgan fingerprint density at radius 3 is 2.26 bits per heavy atom. The van der Waals surface area contributed by atoms with Crippen molar-refractivity contribution < 1.29 is 17.9 Å². The number of ether oxygens (including phenoxy) is 2. The van der Waals surface area contributed by atoms with E-state index in [0.29, 0.717) is 28.7 Å². The maximum absolute atomic E-state index is 12.7. The van der Waals surface area contributed by atoms with Crippen LogP contribution in [0.2, 0.25) is 0 Å². The van der Waals surface area contributed by atoms with Gasteiger partial charge in [-0.05, 0) is 48.5 Å². The molecule has 0 aliphatic rings. The van der Waals surface area contributed by atoms with Crippen molar-refractivity contribution in [1.82, 2.24) is 4.98 Å². The lowest BCUT2D eigenvalue weighted by molar-refractivity contribution is 0.414. The fourth-order valence-electron chi connectivity index (χ4n) is 2.42. The van der Waals surface area contributed by atoms with Crippen LogP contribution in [0.25, 0.3) is 0 Å². The van der Waals surface area contributed by atoms with E-state index in [1.807, 2.05) is 18.2 Å². The lowest BCUT2D eigenvalue weighted by atomic mass is 10.3. The lowest BCUT2D eigenvalue weighted by Gasteiger charge is -2.15. The summed E-state index contributed by atoms with van der Waals surface area (Å²) in [5, 5.41) is 3.10. The third-order valence-corrected chi connectivity index (χ3v) is 5.16. The van der Waals surface area contributed by atoms with Gasteiger partial charge < -0.3 is 14.8 Å². The molecule has 0 radical (unpaired) electrons. The first-order chi connectivity index (χ1) is 13.0. The second kappa shape index (κ2) is 7.96. The van der Waals surface area contributed by atoms with E-state index in [1.165, 1.54) is 19.2 Å². The van der Waals surface area contributed by atoms with Gasteiger partial charge in [0.15, 0.2) is 5.82 Å². The Morgan fingerprint density at radius 1 is 0.852 bits per heavy atom. The van der Waals surface area contributed by atoms with Gasteiger partial charge in [-0.2, -0.15) is 0 Å². The lowest BCUT2D eigenvalue weighted by Crippen LogP contribution is -2.14. The van der Waals surface area contributed by atoms with Crippen molar-refractivity contribution in [3.63, 3.8) is 0 Å².